The lowest BCUT2D eigenvalue weighted by Crippen LogP contribution is -2.52. The van der Waals surface area contributed by atoms with Gasteiger partial charge in [0.05, 0.1) is 0 Å². The second-order valence-electron chi connectivity index (χ2n) is 4.64. The van der Waals surface area contributed by atoms with Gasteiger partial charge in [-0.3, -0.25) is 4.90 Å². The molecule has 92 valence electrons. The van der Waals surface area contributed by atoms with Gasteiger partial charge in [-0.1, -0.05) is 30.3 Å². The smallest absolute Gasteiger partial charge is 0.337 e. The third kappa shape index (κ3) is 2.84. The van der Waals surface area contributed by atoms with Crippen LogP contribution in [0, 0.1) is 0 Å². The maximum Gasteiger partial charge on any atom is 0.337 e. The fourth-order valence-electron chi connectivity index (χ4n) is 2.27. The first-order valence-electron chi connectivity index (χ1n) is 5.82. The molecule has 1 aliphatic rings. The number of carboxylic acid groups (broad SMARTS) is 1. The molecule has 1 atom stereocenters. The second-order valence-corrected chi connectivity index (χ2v) is 4.64. The van der Waals surface area contributed by atoms with Crippen molar-refractivity contribution in [2.24, 2.45) is 0 Å². The zero-order chi connectivity index (χ0) is 12.3. The Morgan fingerprint density at radius 1 is 1.35 bits per heavy atom. The van der Waals surface area contributed by atoms with E-state index in [2.05, 4.69) is 0 Å². The van der Waals surface area contributed by atoms with Crippen LogP contribution in [0.1, 0.15) is 18.4 Å². The zero-order valence-corrected chi connectivity index (χ0v) is 9.67. The van der Waals surface area contributed by atoms with Gasteiger partial charge < -0.3 is 10.2 Å². The average Bonchev–Trinajstić information content (AvgIpc) is 2.30. The molecule has 2 rings (SSSR count). The summed E-state index contributed by atoms with van der Waals surface area (Å²) < 4.78 is 0. The number of rotatable bonds is 3. The summed E-state index contributed by atoms with van der Waals surface area (Å²) in [6.07, 6.45) is 1.06. The molecule has 0 bridgehead atoms. The molecule has 0 aromatic heterocycles. The summed E-state index contributed by atoms with van der Waals surface area (Å²) in [6.45, 7) is 1.73. The summed E-state index contributed by atoms with van der Waals surface area (Å²) in [4.78, 5) is 13.0. The number of benzene rings is 1. The van der Waals surface area contributed by atoms with Crippen molar-refractivity contribution in [1.82, 2.24) is 4.90 Å². The molecule has 0 radical (unpaired) electrons. The normalized spacial score (nSPS) is 25.7. The Bertz CT molecular complexity index is 393. The van der Waals surface area contributed by atoms with Crippen molar-refractivity contribution in [3.63, 3.8) is 0 Å². The molecule has 2 N–H and O–H groups in total. The van der Waals surface area contributed by atoms with E-state index in [-0.39, 0.29) is 6.54 Å². The summed E-state index contributed by atoms with van der Waals surface area (Å²) >= 11 is 0. The van der Waals surface area contributed by atoms with Crippen LogP contribution in [0.4, 0.5) is 0 Å². The standard InChI is InChI=1S/C13H17NO3/c15-12(16)13(17)7-4-8-14(10-13)9-11-5-2-1-3-6-11/h1-3,5-6,17H,4,7-10H2,(H,15,16)/t13-/m0/s1. The molecule has 1 heterocycles. The van der Waals surface area contributed by atoms with E-state index in [0.29, 0.717) is 13.0 Å². The predicted octanol–water partition coefficient (Wildman–Crippen LogP) is 1.10. The van der Waals surface area contributed by atoms with Crippen LogP contribution in [0.5, 0.6) is 0 Å². The third-order valence-corrected chi connectivity index (χ3v) is 3.20. The highest BCUT2D eigenvalue weighted by Gasteiger charge is 2.40. The van der Waals surface area contributed by atoms with Gasteiger partial charge in [-0.25, -0.2) is 4.79 Å². The van der Waals surface area contributed by atoms with Crippen molar-refractivity contribution in [3.8, 4) is 0 Å². The minimum absolute atomic E-state index is 0.206. The highest BCUT2D eigenvalue weighted by atomic mass is 16.4. The molecule has 4 heteroatoms. The number of β-amino-alcohol motifs (C(OH)–C–C–N with tert-alkyl or cyclic N) is 1. The van der Waals surface area contributed by atoms with Crippen molar-refractivity contribution >= 4 is 5.97 Å². The van der Waals surface area contributed by atoms with Crippen LogP contribution in [0.2, 0.25) is 0 Å². The predicted molar refractivity (Wildman–Crippen MR) is 63.5 cm³/mol. The summed E-state index contributed by atoms with van der Waals surface area (Å²) in [5.74, 6) is -1.12. The van der Waals surface area contributed by atoms with Gasteiger partial charge in [0.25, 0.3) is 0 Å². The van der Waals surface area contributed by atoms with Crippen molar-refractivity contribution in [1.29, 1.82) is 0 Å². The molecule has 0 unspecified atom stereocenters. The van der Waals surface area contributed by atoms with Crippen molar-refractivity contribution in [3.05, 3.63) is 35.9 Å². The Balaban J connectivity index is 2.01. The lowest BCUT2D eigenvalue weighted by Gasteiger charge is -2.36. The molecular weight excluding hydrogens is 218 g/mol. The SMILES string of the molecule is O=C(O)[C@]1(O)CCCN(Cc2ccccc2)C1. The monoisotopic (exact) mass is 235 g/mol. The molecule has 1 aromatic carbocycles. The van der Waals surface area contributed by atoms with Crippen LogP contribution < -0.4 is 0 Å². The number of hydrogen-bond acceptors (Lipinski definition) is 3. The quantitative estimate of drug-likeness (QED) is 0.823. The summed E-state index contributed by atoms with van der Waals surface area (Å²) in [5.41, 5.74) is -0.435. The summed E-state index contributed by atoms with van der Waals surface area (Å²) in [7, 11) is 0. The molecule has 1 fully saturated rings. The number of aliphatic carboxylic acids is 1. The molecule has 1 saturated heterocycles. The Morgan fingerprint density at radius 3 is 2.71 bits per heavy atom. The fourth-order valence-corrected chi connectivity index (χ4v) is 2.27. The van der Waals surface area contributed by atoms with E-state index in [9.17, 15) is 9.90 Å². The fraction of sp³-hybridized carbons (Fsp3) is 0.462. The van der Waals surface area contributed by atoms with E-state index >= 15 is 0 Å². The lowest BCUT2D eigenvalue weighted by molar-refractivity contribution is -0.164. The molecule has 0 saturated carbocycles. The highest BCUT2D eigenvalue weighted by Crippen LogP contribution is 2.22. The Morgan fingerprint density at radius 2 is 2.06 bits per heavy atom. The highest BCUT2D eigenvalue weighted by molar-refractivity contribution is 5.77. The first kappa shape index (κ1) is 12.1. The van der Waals surface area contributed by atoms with E-state index in [1.54, 1.807) is 0 Å². The van der Waals surface area contributed by atoms with Crippen molar-refractivity contribution in [2.45, 2.75) is 25.0 Å². The molecule has 0 aliphatic carbocycles. The van der Waals surface area contributed by atoms with Gasteiger partial charge in [-0.05, 0) is 24.9 Å². The van der Waals surface area contributed by atoms with Crippen LogP contribution in [-0.2, 0) is 11.3 Å². The molecule has 0 spiro atoms. The first-order chi connectivity index (χ1) is 8.10. The van der Waals surface area contributed by atoms with Gasteiger partial charge in [0.15, 0.2) is 5.60 Å². The van der Waals surface area contributed by atoms with Crippen molar-refractivity contribution in [2.75, 3.05) is 13.1 Å². The van der Waals surface area contributed by atoms with Gasteiger partial charge in [0.2, 0.25) is 0 Å². The number of hydrogen-bond donors (Lipinski definition) is 2. The van der Waals surface area contributed by atoms with Crippen LogP contribution in [0.25, 0.3) is 0 Å². The topological polar surface area (TPSA) is 60.8 Å². The molecule has 0 amide bonds. The van der Waals surface area contributed by atoms with Gasteiger partial charge in [0.1, 0.15) is 0 Å². The molecular formula is C13H17NO3. The maximum absolute atomic E-state index is 11.0. The van der Waals surface area contributed by atoms with E-state index in [1.807, 2.05) is 35.2 Å². The van der Waals surface area contributed by atoms with E-state index in [1.165, 1.54) is 0 Å². The van der Waals surface area contributed by atoms with Gasteiger partial charge >= 0.3 is 5.97 Å². The van der Waals surface area contributed by atoms with E-state index in [0.717, 1.165) is 18.5 Å². The van der Waals surface area contributed by atoms with Gasteiger partial charge in [-0.15, -0.1) is 0 Å². The van der Waals surface area contributed by atoms with Crippen LogP contribution in [0.15, 0.2) is 30.3 Å². The Kier molecular flexibility index (Phi) is 3.45. The Labute approximate surface area is 100 Å². The Hall–Kier alpha value is -1.39. The summed E-state index contributed by atoms with van der Waals surface area (Å²) in [5, 5.41) is 19.0. The number of likely N-dealkylation sites (tertiary alicyclic amines) is 1. The van der Waals surface area contributed by atoms with Crippen LogP contribution in [0.3, 0.4) is 0 Å². The largest absolute Gasteiger partial charge is 0.479 e. The molecule has 4 nitrogen and oxygen atoms in total. The van der Waals surface area contributed by atoms with Crippen LogP contribution in [-0.4, -0.2) is 39.8 Å². The van der Waals surface area contributed by atoms with Crippen LogP contribution >= 0.6 is 0 Å². The minimum Gasteiger partial charge on any atom is -0.479 e. The van der Waals surface area contributed by atoms with Crippen molar-refractivity contribution < 1.29 is 15.0 Å². The second kappa shape index (κ2) is 4.85. The van der Waals surface area contributed by atoms with E-state index < -0.39 is 11.6 Å². The molecule has 1 aromatic rings. The van der Waals surface area contributed by atoms with Gasteiger partial charge in [-0.2, -0.15) is 0 Å². The maximum atomic E-state index is 11.0. The number of carboxylic acids is 1. The first-order valence-corrected chi connectivity index (χ1v) is 5.82. The number of piperidine rings is 1. The number of aliphatic hydroxyl groups is 1. The average molecular weight is 235 g/mol. The molecule has 17 heavy (non-hydrogen) atoms. The zero-order valence-electron chi connectivity index (χ0n) is 9.67. The lowest BCUT2D eigenvalue weighted by atomic mass is 9.93. The summed E-state index contributed by atoms with van der Waals surface area (Å²) in [6, 6.07) is 9.89. The number of carbonyl (C=O) groups is 1. The third-order valence-electron chi connectivity index (χ3n) is 3.20. The van der Waals surface area contributed by atoms with Gasteiger partial charge in [0, 0.05) is 13.1 Å². The molecule has 1 aliphatic heterocycles. The van der Waals surface area contributed by atoms with E-state index in [4.69, 9.17) is 5.11 Å². The minimum atomic E-state index is -1.58. The number of nitrogens with zero attached hydrogens (tertiary/aromatic N) is 1.